The number of carboxylic acids is 2. The molecule has 7 heteroatoms. The number of carbonyl (C=O) groups is 2. The van der Waals surface area contributed by atoms with Crippen LogP contribution in [-0.4, -0.2) is 33.7 Å². The second-order valence-electron chi connectivity index (χ2n) is 4.52. The topological polar surface area (TPSA) is 99.5 Å². The summed E-state index contributed by atoms with van der Waals surface area (Å²) >= 11 is 5.83. The van der Waals surface area contributed by atoms with Gasteiger partial charge in [-0.1, -0.05) is 23.7 Å². The quantitative estimate of drug-likeness (QED) is 0.572. The van der Waals surface area contributed by atoms with Crippen LogP contribution >= 0.6 is 11.6 Å². The number of hydrogen-bond donors (Lipinski definition) is 3. The van der Waals surface area contributed by atoms with Crippen molar-refractivity contribution in [2.24, 2.45) is 0 Å². The molecule has 0 aliphatic heterocycles. The third-order valence-electron chi connectivity index (χ3n) is 2.77. The Morgan fingerprint density at radius 1 is 0.957 bits per heavy atom. The zero-order valence-corrected chi connectivity index (χ0v) is 13.0. The fourth-order valence-corrected chi connectivity index (χ4v) is 1.74. The molecule has 0 aliphatic rings. The Bertz CT molecular complexity index is 606. The smallest absolute Gasteiger partial charge is 0.414 e. The number of carboxylic acid groups (broad SMARTS) is 2. The normalized spacial score (nSPS) is 9.61. The van der Waals surface area contributed by atoms with Crippen molar-refractivity contribution in [1.29, 1.82) is 0 Å². The second kappa shape index (κ2) is 10.3. The van der Waals surface area contributed by atoms with E-state index < -0.39 is 11.9 Å². The second-order valence-corrected chi connectivity index (χ2v) is 4.96. The van der Waals surface area contributed by atoms with Crippen LogP contribution < -0.4 is 5.32 Å². The number of aliphatic carboxylic acids is 2. The van der Waals surface area contributed by atoms with E-state index in [4.69, 9.17) is 31.4 Å². The van der Waals surface area contributed by atoms with Gasteiger partial charge in [0.1, 0.15) is 0 Å². The van der Waals surface area contributed by atoms with Gasteiger partial charge in [-0.2, -0.15) is 0 Å². The van der Waals surface area contributed by atoms with Gasteiger partial charge in [-0.3, -0.25) is 4.98 Å². The maximum absolute atomic E-state index is 9.10. The van der Waals surface area contributed by atoms with Crippen molar-refractivity contribution in [3.8, 4) is 0 Å². The summed E-state index contributed by atoms with van der Waals surface area (Å²) in [4.78, 5) is 22.2. The Hall–Kier alpha value is -2.44. The van der Waals surface area contributed by atoms with E-state index in [1.54, 1.807) is 0 Å². The molecule has 0 atom stereocenters. The number of nitrogens with one attached hydrogen (secondary N) is 1. The highest BCUT2D eigenvalue weighted by molar-refractivity contribution is 6.30. The number of pyridine rings is 1. The Labute approximate surface area is 138 Å². The third-order valence-corrected chi connectivity index (χ3v) is 3.02. The van der Waals surface area contributed by atoms with E-state index in [-0.39, 0.29) is 0 Å². The van der Waals surface area contributed by atoms with Crippen LogP contribution in [0, 0.1) is 0 Å². The summed E-state index contributed by atoms with van der Waals surface area (Å²) in [6.45, 7) is 1.85. The van der Waals surface area contributed by atoms with E-state index in [9.17, 15) is 0 Å². The zero-order chi connectivity index (χ0) is 17.1. The SMILES string of the molecule is Clc1ccc(CCNCc2ccncc2)cc1.O=C(O)C(=O)O. The first-order valence-electron chi connectivity index (χ1n) is 6.79. The van der Waals surface area contributed by atoms with Crippen molar-refractivity contribution in [3.63, 3.8) is 0 Å². The van der Waals surface area contributed by atoms with E-state index in [2.05, 4.69) is 22.4 Å². The molecule has 3 N–H and O–H groups in total. The molecule has 0 fully saturated rings. The average molecular weight is 337 g/mol. The number of hydrogen-bond acceptors (Lipinski definition) is 4. The first-order chi connectivity index (χ1) is 11.0. The minimum absolute atomic E-state index is 0.790. The van der Waals surface area contributed by atoms with Crippen LogP contribution in [-0.2, 0) is 22.6 Å². The maximum atomic E-state index is 9.10. The Balaban J connectivity index is 0.000000379. The van der Waals surface area contributed by atoms with Gasteiger partial charge in [0.2, 0.25) is 0 Å². The van der Waals surface area contributed by atoms with Crippen LogP contribution in [0.25, 0.3) is 0 Å². The van der Waals surface area contributed by atoms with E-state index in [0.717, 1.165) is 24.5 Å². The maximum Gasteiger partial charge on any atom is 0.414 e. The number of benzene rings is 1. The van der Waals surface area contributed by atoms with Crippen molar-refractivity contribution in [2.45, 2.75) is 13.0 Å². The third kappa shape index (κ3) is 8.55. The lowest BCUT2D eigenvalue weighted by Gasteiger charge is -2.05. The fraction of sp³-hybridized carbons (Fsp3) is 0.188. The molecule has 2 aromatic rings. The lowest BCUT2D eigenvalue weighted by molar-refractivity contribution is -0.159. The molecule has 1 heterocycles. The van der Waals surface area contributed by atoms with Gasteiger partial charge >= 0.3 is 11.9 Å². The molecule has 23 heavy (non-hydrogen) atoms. The molecule has 1 aromatic carbocycles. The Morgan fingerprint density at radius 3 is 2.04 bits per heavy atom. The van der Waals surface area contributed by atoms with Gasteiger partial charge in [0.05, 0.1) is 0 Å². The summed E-state index contributed by atoms with van der Waals surface area (Å²) in [6, 6.07) is 12.0. The fourth-order valence-electron chi connectivity index (χ4n) is 1.62. The van der Waals surface area contributed by atoms with E-state index in [1.807, 2.05) is 36.7 Å². The van der Waals surface area contributed by atoms with Gasteiger partial charge < -0.3 is 15.5 Å². The predicted octanol–water partition coefficient (Wildman–Crippen LogP) is 2.22. The highest BCUT2D eigenvalue weighted by Crippen LogP contribution is 2.09. The van der Waals surface area contributed by atoms with E-state index >= 15 is 0 Å². The minimum Gasteiger partial charge on any atom is -0.473 e. The molecule has 2 rings (SSSR count). The van der Waals surface area contributed by atoms with Crippen LogP contribution in [0.4, 0.5) is 0 Å². The van der Waals surface area contributed by atoms with Crippen LogP contribution in [0.5, 0.6) is 0 Å². The monoisotopic (exact) mass is 336 g/mol. The van der Waals surface area contributed by atoms with Gasteiger partial charge in [0.25, 0.3) is 0 Å². The Kier molecular flexibility index (Phi) is 8.34. The van der Waals surface area contributed by atoms with E-state index in [0.29, 0.717) is 0 Å². The van der Waals surface area contributed by atoms with Gasteiger partial charge in [-0.25, -0.2) is 9.59 Å². The summed E-state index contributed by atoms with van der Waals surface area (Å²) in [5, 5.41) is 19.0. The van der Waals surface area contributed by atoms with Crippen LogP contribution in [0.3, 0.4) is 0 Å². The number of rotatable bonds is 5. The van der Waals surface area contributed by atoms with E-state index in [1.165, 1.54) is 11.1 Å². The molecular formula is C16H17ClN2O4. The van der Waals surface area contributed by atoms with Crippen molar-refractivity contribution < 1.29 is 19.8 Å². The molecule has 122 valence electrons. The number of nitrogens with zero attached hydrogens (tertiary/aromatic N) is 1. The number of aromatic nitrogens is 1. The number of halogens is 1. The standard InChI is InChI=1S/C14H15ClN2.C2H2O4/c15-14-3-1-12(2-4-14)5-10-17-11-13-6-8-16-9-7-13;3-1(4)2(5)6/h1-4,6-9,17H,5,10-11H2;(H,3,4)(H,5,6). The lowest BCUT2D eigenvalue weighted by atomic mass is 10.1. The first-order valence-corrected chi connectivity index (χ1v) is 7.17. The van der Waals surface area contributed by atoms with Gasteiger partial charge in [-0.15, -0.1) is 0 Å². The summed E-state index contributed by atoms with van der Waals surface area (Å²) < 4.78 is 0. The molecule has 0 spiro atoms. The summed E-state index contributed by atoms with van der Waals surface area (Å²) in [7, 11) is 0. The molecule has 0 saturated carbocycles. The van der Waals surface area contributed by atoms with Crippen LogP contribution in [0.1, 0.15) is 11.1 Å². The van der Waals surface area contributed by atoms with Crippen molar-refractivity contribution in [3.05, 3.63) is 64.9 Å². The first kappa shape index (κ1) is 18.6. The molecule has 0 radical (unpaired) electrons. The molecule has 0 unspecified atom stereocenters. The van der Waals surface area contributed by atoms with Crippen molar-refractivity contribution in [2.75, 3.05) is 6.54 Å². The summed E-state index contributed by atoms with van der Waals surface area (Å²) in [5.41, 5.74) is 2.56. The minimum atomic E-state index is -1.82. The molecule has 0 bridgehead atoms. The summed E-state index contributed by atoms with van der Waals surface area (Å²) in [5.74, 6) is -3.65. The molecule has 1 aromatic heterocycles. The highest BCUT2D eigenvalue weighted by atomic mass is 35.5. The molecule has 0 amide bonds. The largest absolute Gasteiger partial charge is 0.473 e. The molecular weight excluding hydrogens is 320 g/mol. The van der Waals surface area contributed by atoms with Crippen molar-refractivity contribution in [1.82, 2.24) is 10.3 Å². The van der Waals surface area contributed by atoms with Crippen molar-refractivity contribution >= 4 is 23.5 Å². The van der Waals surface area contributed by atoms with Crippen LogP contribution in [0.2, 0.25) is 5.02 Å². The van der Waals surface area contributed by atoms with Crippen LogP contribution in [0.15, 0.2) is 48.8 Å². The van der Waals surface area contributed by atoms with Gasteiger partial charge in [0, 0.05) is 24.0 Å². The lowest BCUT2D eigenvalue weighted by Crippen LogP contribution is -2.16. The highest BCUT2D eigenvalue weighted by Gasteiger charge is 2.04. The molecule has 6 nitrogen and oxygen atoms in total. The molecule has 0 saturated heterocycles. The Morgan fingerprint density at radius 2 is 1.52 bits per heavy atom. The average Bonchev–Trinajstić information content (AvgIpc) is 2.55. The van der Waals surface area contributed by atoms with Gasteiger partial charge in [-0.05, 0) is 48.4 Å². The zero-order valence-electron chi connectivity index (χ0n) is 12.3. The van der Waals surface area contributed by atoms with Gasteiger partial charge in [0.15, 0.2) is 0 Å². The predicted molar refractivity (Wildman–Crippen MR) is 86.4 cm³/mol. The molecule has 0 aliphatic carbocycles. The summed E-state index contributed by atoms with van der Waals surface area (Å²) in [6.07, 6.45) is 4.65.